The monoisotopic (exact) mass is 363 g/mol. The molecule has 0 aromatic heterocycles. The Bertz CT molecular complexity index is 747. The van der Waals surface area contributed by atoms with Crippen molar-refractivity contribution >= 4 is 29.6 Å². The highest BCUT2D eigenvalue weighted by Crippen LogP contribution is 2.33. The summed E-state index contributed by atoms with van der Waals surface area (Å²) >= 11 is 1.63. The van der Waals surface area contributed by atoms with Crippen molar-refractivity contribution in [3.63, 3.8) is 0 Å². The summed E-state index contributed by atoms with van der Waals surface area (Å²) in [6, 6.07) is 4.90. The van der Waals surface area contributed by atoms with Crippen molar-refractivity contribution in [2.24, 2.45) is 0 Å². The summed E-state index contributed by atoms with van der Waals surface area (Å²) in [5.41, 5.74) is 0.0257. The first-order valence-corrected chi connectivity index (χ1v) is 9.10. The highest BCUT2D eigenvalue weighted by molar-refractivity contribution is 7.99. The number of nitrogens with one attached hydrogen (secondary N) is 2. The second kappa shape index (κ2) is 6.14. The maximum absolute atomic E-state index is 12.5. The Balaban J connectivity index is 1.34. The van der Waals surface area contributed by atoms with E-state index in [1.54, 1.807) is 23.9 Å². The molecule has 3 aliphatic heterocycles. The fourth-order valence-electron chi connectivity index (χ4n) is 3.10. The number of imide groups is 1. The van der Waals surface area contributed by atoms with Gasteiger partial charge in [0.1, 0.15) is 12.1 Å². The molecule has 0 unspecified atom stereocenters. The van der Waals surface area contributed by atoms with Gasteiger partial charge >= 0.3 is 6.03 Å². The fourth-order valence-corrected chi connectivity index (χ4v) is 4.43. The van der Waals surface area contributed by atoms with Gasteiger partial charge in [-0.3, -0.25) is 14.5 Å². The zero-order valence-electron chi connectivity index (χ0n) is 13.4. The van der Waals surface area contributed by atoms with E-state index < -0.39 is 11.6 Å². The van der Waals surface area contributed by atoms with Crippen molar-refractivity contribution in [3.8, 4) is 11.5 Å². The van der Waals surface area contributed by atoms with E-state index in [0.717, 1.165) is 16.2 Å². The van der Waals surface area contributed by atoms with Crippen molar-refractivity contribution in [2.45, 2.75) is 18.5 Å². The van der Waals surface area contributed by atoms with E-state index in [4.69, 9.17) is 9.47 Å². The number of hydrogen-bond donors (Lipinski definition) is 2. The SMILES string of the molecule is O=C(CN1C(=O)N[C@]2(CCSC2)C1=O)NCc1ccc2c(c1)OCO2. The van der Waals surface area contributed by atoms with Crippen LogP contribution in [0.2, 0.25) is 0 Å². The molecule has 0 radical (unpaired) electrons. The lowest BCUT2D eigenvalue weighted by Gasteiger charge is -2.19. The molecule has 132 valence electrons. The third-order valence-electron chi connectivity index (χ3n) is 4.50. The molecule has 0 aliphatic carbocycles. The van der Waals surface area contributed by atoms with Gasteiger partial charge in [-0.15, -0.1) is 0 Å². The molecule has 3 heterocycles. The van der Waals surface area contributed by atoms with E-state index >= 15 is 0 Å². The minimum Gasteiger partial charge on any atom is -0.454 e. The Morgan fingerprint density at radius 1 is 1.32 bits per heavy atom. The van der Waals surface area contributed by atoms with Crippen LogP contribution < -0.4 is 20.1 Å². The zero-order chi connectivity index (χ0) is 17.4. The van der Waals surface area contributed by atoms with Crippen LogP contribution in [0.4, 0.5) is 4.79 Å². The molecule has 0 bridgehead atoms. The molecular formula is C16H17N3O5S. The summed E-state index contributed by atoms with van der Waals surface area (Å²) in [6.45, 7) is 0.194. The van der Waals surface area contributed by atoms with E-state index in [-0.39, 0.29) is 31.7 Å². The molecule has 1 aromatic carbocycles. The first-order valence-electron chi connectivity index (χ1n) is 7.94. The standard InChI is InChI=1S/C16H17N3O5S/c20-13(17-6-10-1-2-11-12(5-10)24-9-23-11)7-19-14(21)16(18-15(19)22)3-4-25-8-16/h1-2,5H,3-4,6-9H2,(H,17,20)(H,18,22)/t16-/m0/s1. The molecule has 8 nitrogen and oxygen atoms in total. The molecule has 2 N–H and O–H groups in total. The lowest BCUT2D eigenvalue weighted by Crippen LogP contribution is -2.47. The Kier molecular flexibility index (Phi) is 3.95. The van der Waals surface area contributed by atoms with E-state index in [9.17, 15) is 14.4 Å². The lowest BCUT2D eigenvalue weighted by atomic mass is 9.99. The van der Waals surface area contributed by atoms with Crippen LogP contribution in [-0.2, 0) is 16.1 Å². The Labute approximate surface area is 148 Å². The van der Waals surface area contributed by atoms with Gasteiger partial charge in [-0.25, -0.2) is 4.79 Å². The summed E-state index contributed by atoms with van der Waals surface area (Å²) in [5, 5.41) is 5.47. The molecule has 1 atom stereocenters. The van der Waals surface area contributed by atoms with E-state index in [0.29, 0.717) is 23.7 Å². The van der Waals surface area contributed by atoms with Gasteiger partial charge in [-0.05, 0) is 29.9 Å². The average Bonchev–Trinajstić information content (AvgIpc) is 3.30. The van der Waals surface area contributed by atoms with Crippen molar-refractivity contribution in [1.82, 2.24) is 15.5 Å². The van der Waals surface area contributed by atoms with Gasteiger partial charge in [0.25, 0.3) is 5.91 Å². The lowest BCUT2D eigenvalue weighted by molar-refractivity contribution is -0.134. The largest absolute Gasteiger partial charge is 0.454 e. The van der Waals surface area contributed by atoms with Gasteiger partial charge < -0.3 is 20.1 Å². The molecule has 4 rings (SSSR count). The van der Waals surface area contributed by atoms with Gasteiger partial charge in [0, 0.05) is 12.3 Å². The maximum atomic E-state index is 12.5. The molecule has 2 saturated heterocycles. The van der Waals surface area contributed by atoms with Crippen LogP contribution >= 0.6 is 11.8 Å². The smallest absolute Gasteiger partial charge is 0.325 e. The highest BCUT2D eigenvalue weighted by atomic mass is 32.2. The summed E-state index contributed by atoms with van der Waals surface area (Å²) in [5.74, 6) is 2.02. The molecule has 4 amide bonds. The van der Waals surface area contributed by atoms with Gasteiger partial charge in [0.05, 0.1) is 0 Å². The van der Waals surface area contributed by atoms with Crippen LogP contribution in [0.15, 0.2) is 18.2 Å². The number of ether oxygens (including phenoxy) is 2. The molecular weight excluding hydrogens is 346 g/mol. The number of carbonyl (C=O) groups is 3. The molecule has 9 heteroatoms. The number of amides is 4. The number of hydrogen-bond acceptors (Lipinski definition) is 6. The van der Waals surface area contributed by atoms with Crippen LogP contribution in [-0.4, -0.2) is 53.1 Å². The summed E-state index contributed by atoms with van der Waals surface area (Å²) in [6.07, 6.45) is 0.609. The summed E-state index contributed by atoms with van der Waals surface area (Å²) < 4.78 is 10.5. The minimum absolute atomic E-state index is 0.192. The molecule has 0 saturated carbocycles. The van der Waals surface area contributed by atoms with Crippen molar-refractivity contribution < 1.29 is 23.9 Å². The molecule has 1 spiro atoms. The second-order valence-corrected chi connectivity index (χ2v) is 7.28. The summed E-state index contributed by atoms with van der Waals surface area (Å²) in [4.78, 5) is 37.7. The average molecular weight is 363 g/mol. The highest BCUT2D eigenvalue weighted by Gasteiger charge is 2.53. The Hall–Kier alpha value is -2.42. The summed E-state index contributed by atoms with van der Waals surface area (Å²) in [7, 11) is 0. The second-order valence-electron chi connectivity index (χ2n) is 6.17. The minimum atomic E-state index is -0.820. The van der Waals surface area contributed by atoms with Crippen LogP contribution in [0.1, 0.15) is 12.0 Å². The van der Waals surface area contributed by atoms with Gasteiger partial charge in [-0.1, -0.05) is 6.07 Å². The normalized spacial score (nSPS) is 24.1. The number of thioether (sulfide) groups is 1. The Morgan fingerprint density at radius 3 is 2.96 bits per heavy atom. The molecule has 25 heavy (non-hydrogen) atoms. The molecule has 2 fully saturated rings. The number of urea groups is 1. The van der Waals surface area contributed by atoms with Crippen LogP contribution in [0.5, 0.6) is 11.5 Å². The molecule has 1 aromatic rings. The van der Waals surface area contributed by atoms with E-state index in [1.165, 1.54) is 0 Å². The fraction of sp³-hybridized carbons (Fsp3) is 0.438. The van der Waals surface area contributed by atoms with Crippen molar-refractivity contribution in [1.29, 1.82) is 0 Å². The van der Waals surface area contributed by atoms with Crippen LogP contribution in [0.25, 0.3) is 0 Å². The van der Waals surface area contributed by atoms with Crippen molar-refractivity contribution in [3.05, 3.63) is 23.8 Å². The van der Waals surface area contributed by atoms with Crippen LogP contribution in [0, 0.1) is 0 Å². The van der Waals surface area contributed by atoms with E-state index in [1.807, 2.05) is 6.07 Å². The van der Waals surface area contributed by atoms with Crippen molar-refractivity contribution in [2.75, 3.05) is 24.8 Å². The third kappa shape index (κ3) is 2.88. The third-order valence-corrected chi connectivity index (χ3v) is 5.69. The number of benzene rings is 1. The van der Waals surface area contributed by atoms with Gasteiger partial charge in [0.15, 0.2) is 11.5 Å². The van der Waals surface area contributed by atoms with Gasteiger partial charge in [-0.2, -0.15) is 11.8 Å². The van der Waals surface area contributed by atoms with E-state index in [2.05, 4.69) is 10.6 Å². The predicted octanol–water partition coefficient (Wildman–Crippen LogP) is 0.459. The zero-order valence-corrected chi connectivity index (χ0v) is 14.2. The van der Waals surface area contributed by atoms with Gasteiger partial charge in [0.2, 0.25) is 12.7 Å². The predicted molar refractivity (Wildman–Crippen MR) is 89.3 cm³/mol. The number of fused-ring (bicyclic) bond motifs is 1. The quantitative estimate of drug-likeness (QED) is 0.755. The number of nitrogens with zero attached hydrogens (tertiary/aromatic N) is 1. The topological polar surface area (TPSA) is 97.0 Å². The number of carbonyl (C=O) groups excluding carboxylic acids is 3. The maximum Gasteiger partial charge on any atom is 0.325 e. The first kappa shape index (κ1) is 16.1. The Morgan fingerprint density at radius 2 is 2.16 bits per heavy atom. The molecule has 3 aliphatic rings. The first-order chi connectivity index (χ1) is 12.1. The van der Waals surface area contributed by atoms with Crippen LogP contribution in [0.3, 0.4) is 0 Å². The number of rotatable bonds is 4.